The predicted molar refractivity (Wildman–Crippen MR) is 68.0 cm³/mol. The minimum absolute atomic E-state index is 0.0620. The summed E-state index contributed by atoms with van der Waals surface area (Å²) in [6, 6.07) is 2.70. The highest BCUT2D eigenvalue weighted by atomic mass is 79.9. The zero-order valence-corrected chi connectivity index (χ0v) is 11.2. The van der Waals surface area contributed by atoms with Gasteiger partial charge in [0.25, 0.3) is 0 Å². The zero-order chi connectivity index (χ0) is 12.6. The summed E-state index contributed by atoms with van der Waals surface area (Å²) in [5, 5.41) is 0. The van der Waals surface area contributed by atoms with Crippen LogP contribution in [0.4, 0.5) is 14.5 Å². The molecule has 1 aromatic carbocycles. The molecule has 0 radical (unpaired) electrons. The van der Waals surface area contributed by atoms with E-state index in [0.717, 1.165) is 6.42 Å². The molecule has 2 nitrogen and oxygen atoms in total. The fourth-order valence-corrected chi connectivity index (χ4v) is 2.61. The van der Waals surface area contributed by atoms with Crippen LogP contribution in [-0.4, -0.2) is 19.1 Å². The number of halogens is 3. The van der Waals surface area contributed by atoms with E-state index in [1.165, 1.54) is 12.1 Å². The Morgan fingerprint density at radius 3 is 2.47 bits per heavy atom. The van der Waals surface area contributed by atoms with Crippen molar-refractivity contribution >= 4 is 21.6 Å². The Morgan fingerprint density at radius 2 is 1.94 bits per heavy atom. The molecule has 2 atom stereocenters. The molecule has 2 N–H and O–H groups in total. The molecule has 0 amide bonds. The van der Waals surface area contributed by atoms with Gasteiger partial charge in [0.15, 0.2) is 11.6 Å². The van der Waals surface area contributed by atoms with E-state index in [1.54, 1.807) is 4.90 Å². The first kappa shape index (κ1) is 12.8. The van der Waals surface area contributed by atoms with E-state index in [0.29, 0.717) is 17.6 Å². The fourth-order valence-electron chi connectivity index (χ4n) is 2.20. The van der Waals surface area contributed by atoms with Crippen molar-refractivity contribution in [3.05, 3.63) is 28.2 Å². The average molecular weight is 305 g/mol. The zero-order valence-electron chi connectivity index (χ0n) is 9.59. The number of piperidine rings is 1. The van der Waals surface area contributed by atoms with Crippen LogP contribution in [0.25, 0.3) is 0 Å². The van der Waals surface area contributed by atoms with E-state index in [2.05, 4.69) is 15.9 Å². The second-order valence-electron chi connectivity index (χ2n) is 4.59. The Balaban J connectivity index is 2.29. The lowest BCUT2D eigenvalue weighted by Gasteiger charge is -2.36. The molecule has 0 bridgehead atoms. The standard InChI is InChI=1S/C12H15BrF2N2/c1-7-6-17(3-2-11(7)16)12-9(14)4-8(13)5-10(12)15/h4-5,7,11H,2-3,6,16H2,1H3. The van der Waals surface area contributed by atoms with Crippen LogP contribution in [0, 0.1) is 17.6 Å². The van der Waals surface area contributed by atoms with Crippen molar-refractivity contribution in [3.63, 3.8) is 0 Å². The average Bonchev–Trinajstić information content (AvgIpc) is 2.21. The van der Waals surface area contributed by atoms with Crippen LogP contribution in [0.5, 0.6) is 0 Å². The van der Waals surface area contributed by atoms with Crippen LogP contribution >= 0.6 is 15.9 Å². The van der Waals surface area contributed by atoms with Crippen molar-refractivity contribution in [3.8, 4) is 0 Å². The lowest BCUT2D eigenvalue weighted by molar-refractivity contribution is 0.377. The maximum Gasteiger partial charge on any atom is 0.150 e. The summed E-state index contributed by atoms with van der Waals surface area (Å²) >= 11 is 3.07. The molecular formula is C12H15BrF2N2. The van der Waals surface area contributed by atoms with Crippen molar-refractivity contribution in [2.75, 3.05) is 18.0 Å². The summed E-state index contributed by atoms with van der Waals surface area (Å²) in [6.07, 6.45) is 0.760. The third-order valence-corrected chi connectivity index (χ3v) is 3.73. The van der Waals surface area contributed by atoms with Gasteiger partial charge in [-0.05, 0) is 24.5 Å². The minimum atomic E-state index is -0.528. The topological polar surface area (TPSA) is 29.3 Å². The van der Waals surface area contributed by atoms with Gasteiger partial charge < -0.3 is 10.6 Å². The van der Waals surface area contributed by atoms with E-state index in [4.69, 9.17) is 5.73 Å². The molecule has 0 saturated carbocycles. The highest BCUT2D eigenvalue weighted by molar-refractivity contribution is 9.10. The van der Waals surface area contributed by atoms with Crippen molar-refractivity contribution in [2.24, 2.45) is 11.7 Å². The van der Waals surface area contributed by atoms with Gasteiger partial charge in [-0.15, -0.1) is 0 Å². The molecule has 0 aliphatic carbocycles. The fraction of sp³-hybridized carbons (Fsp3) is 0.500. The number of hydrogen-bond donors (Lipinski definition) is 1. The van der Waals surface area contributed by atoms with Gasteiger partial charge in [-0.25, -0.2) is 8.78 Å². The highest BCUT2D eigenvalue weighted by Crippen LogP contribution is 2.30. The molecule has 5 heteroatoms. The molecule has 17 heavy (non-hydrogen) atoms. The van der Waals surface area contributed by atoms with Gasteiger partial charge in [0.1, 0.15) is 5.69 Å². The molecule has 1 saturated heterocycles. The van der Waals surface area contributed by atoms with Crippen LogP contribution in [0.3, 0.4) is 0 Å². The van der Waals surface area contributed by atoms with Crippen LogP contribution in [0.15, 0.2) is 16.6 Å². The largest absolute Gasteiger partial charge is 0.366 e. The molecule has 1 aliphatic rings. The van der Waals surface area contributed by atoms with Gasteiger partial charge in [-0.3, -0.25) is 0 Å². The highest BCUT2D eigenvalue weighted by Gasteiger charge is 2.26. The van der Waals surface area contributed by atoms with E-state index >= 15 is 0 Å². The van der Waals surface area contributed by atoms with Gasteiger partial charge >= 0.3 is 0 Å². The normalized spacial score (nSPS) is 25.1. The Bertz CT molecular complexity index is 402. The smallest absolute Gasteiger partial charge is 0.150 e. The summed E-state index contributed by atoms with van der Waals surface area (Å²) in [6.45, 7) is 3.20. The maximum atomic E-state index is 13.8. The Morgan fingerprint density at radius 1 is 1.35 bits per heavy atom. The van der Waals surface area contributed by atoms with E-state index in [-0.39, 0.29) is 17.6 Å². The third kappa shape index (κ3) is 2.60. The molecule has 2 rings (SSSR count). The molecule has 1 fully saturated rings. The second kappa shape index (κ2) is 4.90. The molecular weight excluding hydrogens is 290 g/mol. The maximum absolute atomic E-state index is 13.8. The SMILES string of the molecule is CC1CN(c2c(F)cc(Br)cc2F)CCC1N. The number of hydrogen-bond acceptors (Lipinski definition) is 2. The minimum Gasteiger partial charge on any atom is -0.366 e. The third-order valence-electron chi connectivity index (χ3n) is 3.27. The second-order valence-corrected chi connectivity index (χ2v) is 5.51. The van der Waals surface area contributed by atoms with Crippen LogP contribution in [0.1, 0.15) is 13.3 Å². The van der Waals surface area contributed by atoms with E-state index in [9.17, 15) is 8.78 Å². The summed E-state index contributed by atoms with van der Waals surface area (Å²) in [7, 11) is 0. The lowest BCUT2D eigenvalue weighted by Crippen LogP contribution is -2.46. The first-order valence-electron chi connectivity index (χ1n) is 5.64. The van der Waals surface area contributed by atoms with Gasteiger partial charge in [0, 0.05) is 23.6 Å². The number of nitrogens with zero attached hydrogens (tertiary/aromatic N) is 1. The molecule has 1 aromatic rings. The monoisotopic (exact) mass is 304 g/mol. The summed E-state index contributed by atoms with van der Waals surface area (Å²) in [5.74, 6) is -0.815. The van der Waals surface area contributed by atoms with Crippen LogP contribution in [-0.2, 0) is 0 Å². The lowest BCUT2D eigenvalue weighted by atomic mass is 9.94. The van der Waals surface area contributed by atoms with Gasteiger partial charge in [-0.1, -0.05) is 22.9 Å². The summed E-state index contributed by atoms with van der Waals surface area (Å²) in [4.78, 5) is 1.74. The first-order valence-corrected chi connectivity index (χ1v) is 6.43. The molecule has 0 spiro atoms. The Hall–Kier alpha value is -0.680. The number of anilines is 1. The summed E-state index contributed by atoms with van der Waals surface area (Å²) < 4.78 is 28.0. The van der Waals surface area contributed by atoms with Gasteiger partial charge in [0.2, 0.25) is 0 Å². The molecule has 0 aromatic heterocycles. The number of benzene rings is 1. The predicted octanol–water partition coefficient (Wildman–Crippen LogP) is 2.90. The van der Waals surface area contributed by atoms with Gasteiger partial charge in [0.05, 0.1) is 0 Å². The van der Waals surface area contributed by atoms with Crippen molar-refractivity contribution < 1.29 is 8.78 Å². The van der Waals surface area contributed by atoms with Crippen LogP contribution in [0.2, 0.25) is 0 Å². The van der Waals surface area contributed by atoms with Crippen molar-refractivity contribution in [1.82, 2.24) is 0 Å². The molecule has 94 valence electrons. The number of rotatable bonds is 1. The first-order chi connectivity index (χ1) is 7.99. The van der Waals surface area contributed by atoms with E-state index < -0.39 is 11.6 Å². The van der Waals surface area contributed by atoms with Crippen molar-refractivity contribution in [2.45, 2.75) is 19.4 Å². The van der Waals surface area contributed by atoms with E-state index in [1.807, 2.05) is 6.92 Å². The van der Waals surface area contributed by atoms with Crippen LogP contribution < -0.4 is 10.6 Å². The Labute approximate surface area is 108 Å². The van der Waals surface area contributed by atoms with Crippen molar-refractivity contribution in [1.29, 1.82) is 0 Å². The summed E-state index contributed by atoms with van der Waals surface area (Å²) in [5.41, 5.74) is 5.96. The quantitative estimate of drug-likeness (QED) is 0.864. The molecule has 1 heterocycles. The number of nitrogens with two attached hydrogens (primary N) is 1. The Kier molecular flexibility index (Phi) is 3.68. The van der Waals surface area contributed by atoms with Gasteiger partial charge in [-0.2, -0.15) is 0 Å². The molecule has 2 unspecified atom stereocenters. The molecule has 1 aliphatic heterocycles.